The summed E-state index contributed by atoms with van der Waals surface area (Å²) < 4.78 is 13.1. The number of aliphatic carboxylic acids is 1. The van der Waals surface area contributed by atoms with E-state index in [1.165, 1.54) is 0 Å². The Bertz CT molecular complexity index is 1590. The Labute approximate surface area is 279 Å². The van der Waals surface area contributed by atoms with Gasteiger partial charge in [0.05, 0.1) is 18.8 Å². The summed E-state index contributed by atoms with van der Waals surface area (Å²) in [5, 5.41) is 22.0. The number of ether oxygens (including phenoxy) is 2. The summed E-state index contributed by atoms with van der Waals surface area (Å²) in [5.74, 6) is -0.108. The Kier molecular flexibility index (Phi) is 12.9. The van der Waals surface area contributed by atoms with Gasteiger partial charge in [0.15, 0.2) is 11.4 Å². The van der Waals surface area contributed by atoms with Crippen LogP contribution in [0.1, 0.15) is 79.6 Å². The number of benzene rings is 3. The third-order valence-corrected chi connectivity index (χ3v) is 9.02. The number of aromatic nitrogens is 2. The maximum Gasteiger partial charge on any atom is 0.303 e. The van der Waals surface area contributed by atoms with E-state index in [9.17, 15) is 14.7 Å². The molecular formula is C37H41N3O6S. The minimum atomic E-state index is -0.777. The molecule has 1 saturated heterocycles. The van der Waals surface area contributed by atoms with Crippen molar-refractivity contribution in [2.45, 2.75) is 81.8 Å². The van der Waals surface area contributed by atoms with E-state index in [0.29, 0.717) is 36.7 Å². The molecule has 1 aliphatic heterocycles. The molecule has 3 N–H and O–H groups in total. The van der Waals surface area contributed by atoms with Gasteiger partial charge in [0.25, 0.3) is 0 Å². The lowest BCUT2D eigenvalue weighted by Crippen LogP contribution is -2.31. The van der Waals surface area contributed by atoms with Crippen molar-refractivity contribution in [2.75, 3.05) is 5.75 Å². The zero-order valence-corrected chi connectivity index (χ0v) is 27.1. The van der Waals surface area contributed by atoms with Gasteiger partial charge in [-0.3, -0.25) is 9.59 Å². The molecular weight excluding hydrogens is 614 g/mol. The lowest BCUT2D eigenvalue weighted by atomic mass is 9.99. The molecule has 10 heteroatoms. The van der Waals surface area contributed by atoms with Crippen molar-refractivity contribution in [2.24, 2.45) is 0 Å². The third-order valence-electron chi connectivity index (χ3n) is 8.01. The van der Waals surface area contributed by atoms with E-state index < -0.39 is 12.3 Å². The standard InChI is InChI=1S/C37H41N3O6S/c41-24-26-14-16-28(17-15-26)33-22-32(25-47-37-38-18-7-19-39-37)45-36(46-33)31-11-6-10-30(21-31)29-9-5-8-27(20-29)23-40-34(42)12-3-1-2-4-13-35(43)44/h5-11,14-21,32-33,36,41H,1-4,12-13,22-25H2,(H,40,42)(H,43,44). The SMILES string of the molecule is O=C(O)CCCCCCC(=O)NCc1cccc(-c2cccc(C3OC(CSc4ncccn4)CC(c4ccc(CO)cc4)O3)c2)c1. The number of amides is 1. The van der Waals surface area contributed by atoms with Crippen LogP contribution >= 0.6 is 11.8 Å². The molecule has 9 nitrogen and oxygen atoms in total. The molecule has 1 fully saturated rings. The third kappa shape index (κ3) is 10.7. The zero-order valence-electron chi connectivity index (χ0n) is 26.3. The van der Waals surface area contributed by atoms with E-state index in [4.69, 9.17) is 14.6 Å². The van der Waals surface area contributed by atoms with Crippen LogP contribution in [0.2, 0.25) is 0 Å². The van der Waals surface area contributed by atoms with Crippen molar-refractivity contribution >= 4 is 23.6 Å². The van der Waals surface area contributed by atoms with Gasteiger partial charge < -0.3 is 25.0 Å². The molecule has 1 aliphatic rings. The first-order chi connectivity index (χ1) is 23.0. The molecule has 2 heterocycles. The highest BCUT2D eigenvalue weighted by Gasteiger charge is 2.32. The van der Waals surface area contributed by atoms with Crippen LogP contribution in [0.3, 0.4) is 0 Å². The van der Waals surface area contributed by atoms with Gasteiger partial charge in [-0.15, -0.1) is 0 Å². The van der Waals surface area contributed by atoms with E-state index in [0.717, 1.165) is 52.6 Å². The van der Waals surface area contributed by atoms with Crippen LogP contribution in [0.5, 0.6) is 0 Å². The number of aliphatic hydroxyl groups excluding tert-OH is 1. The van der Waals surface area contributed by atoms with Crippen molar-refractivity contribution in [3.63, 3.8) is 0 Å². The second-order valence-corrected chi connectivity index (χ2v) is 12.6. The number of thioether (sulfide) groups is 1. The number of hydrogen-bond acceptors (Lipinski definition) is 8. The van der Waals surface area contributed by atoms with Crippen LogP contribution in [0.4, 0.5) is 0 Å². The number of unbranched alkanes of at least 4 members (excludes halogenated alkanes) is 3. The van der Waals surface area contributed by atoms with E-state index >= 15 is 0 Å². The highest BCUT2D eigenvalue weighted by molar-refractivity contribution is 7.99. The van der Waals surface area contributed by atoms with E-state index in [1.54, 1.807) is 30.2 Å². The van der Waals surface area contributed by atoms with Crippen molar-refractivity contribution in [3.8, 4) is 11.1 Å². The van der Waals surface area contributed by atoms with Crippen LogP contribution in [-0.4, -0.2) is 43.9 Å². The Morgan fingerprint density at radius 2 is 1.53 bits per heavy atom. The molecule has 47 heavy (non-hydrogen) atoms. The second kappa shape index (κ2) is 17.7. The Hall–Kier alpha value is -4.09. The monoisotopic (exact) mass is 655 g/mol. The van der Waals surface area contributed by atoms with Crippen molar-refractivity contribution in [1.29, 1.82) is 0 Å². The number of rotatable bonds is 16. The van der Waals surface area contributed by atoms with Crippen LogP contribution < -0.4 is 5.32 Å². The van der Waals surface area contributed by atoms with Crippen molar-refractivity contribution < 1.29 is 29.3 Å². The predicted octanol–water partition coefficient (Wildman–Crippen LogP) is 7.02. The average Bonchev–Trinajstić information content (AvgIpc) is 3.11. The Balaban J connectivity index is 1.23. The molecule has 0 aliphatic carbocycles. The van der Waals surface area contributed by atoms with E-state index in [1.807, 2.05) is 48.5 Å². The molecule has 5 rings (SSSR count). The van der Waals surface area contributed by atoms with Gasteiger partial charge in [0, 0.05) is 49.5 Å². The van der Waals surface area contributed by atoms with Crippen LogP contribution in [0.25, 0.3) is 11.1 Å². The van der Waals surface area contributed by atoms with Gasteiger partial charge in [-0.2, -0.15) is 0 Å². The first-order valence-corrected chi connectivity index (χ1v) is 17.0. The minimum Gasteiger partial charge on any atom is -0.481 e. The lowest BCUT2D eigenvalue weighted by Gasteiger charge is -2.36. The number of hydrogen-bond donors (Lipinski definition) is 3. The lowest BCUT2D eigenvalue weighted by molar-refractivity contribution is -0.245. The summed E-state index contributed by atoms with van der Waals surface area (Å²) in [6, 6.07) is 25.9. The summed E-state index contributed by atoms with van der Waals surface area (Å²) in [5.41, 5.74) is 5.84. The van der Waals surface area contributed by atoms with Gasteiger partial charge in [0.1, 0.15) is 0 Å². The number of carbonyl (C=O) groups excluding carboxylic acids is 1. The maximum atomic E-state index is 12.4. The van der Waals surface area contributed by atoms with Gasteiger partial charge in [-0.25, -0.2) is 9.97 Å². The molecule has 3 unspecified atom stereocenters. The van der Waals surface area contributed by atoms with Crippen LogP contribution in [-0.2, 0) is 32.2 Å². The number of carboxylic acid groups (broad SMARTS) is 1. The van der Waals surface area contributed by atoms with E-state index in [-0.39, 0.29) is 31.1 Å². The Morgan fingerprint density at radius 1 is 0.809 bits per heavy atom. The number of nitrogens with one attached hydrogen (secondary N) is 1. The molecule has 246 valence electrons. The zero-order chi connectivity index (χ0) is 32.8. The molecule has 0 spiro atoms. The summed E-state index contributed by atoms with van der Waals surface area (Å²) >= 11 is 1.56. The summed E-state index contributed by atoms with van der Waals surface area (Å²) in [7, 11) is 0. The first kappa shape index (κ1) is 34.3. The average molecular weight is 656 g/mol. The minimum absolute atomic E-state index is 0.00525. The molecule has 0 saturated carbocycles. The first-order valence-electron chi connectivity index (χ1n) is 16.0. The maximum absolute atomic E-state index is 12.4. The number of carboxylic acids is 1. The summed E-state index contributed by atoms with van der Waals surface area (Å²) in [6.45, 7) is 0.424. The summed E-state index contributed by atoms with van der Waals surface area (Å²) in [4.78, 5) is 31.7. The van der Waals surface area contributed by atoms with Gasteiger partial charge in [-0.1, -0.05) is 85.3 Å². The molecule has 0 bridgehead atoms. The van der Waals surface area contributed by atoms with Crippen LogP contribution in [0, 0.1) is 0 Å². The molecule has 0 radical (unpaired) electrons. The smallest absolute Gasteiger partial charge is 0.303 e. The van der Waals surface area contributed by atoms with Gasteiger partial charge in [-0.05, 0) is 58.9 Å². The topological polar surface area (TPSA) is 131 Å². The fourth-order valence-corrected chi connectivity index (χ4v) is 6.30. The van der Waals surface area contributed by atoms with E-state index in [2.05, 4.69) is 39.6 Å². The molecule has 1 amide bonds. The highest BCUT2D eigenvalue weighted by Crippen LogP contribution is 2.40. The largest absolute Gasteiger partial charge is 0.481 e. The second-order valence-electron chi connectivity index (χ2n) is 11.6. The highest BCUT2D eigenvalue weighted by atomic mass is 32.2. The van der Waals surface area contributed by atoms with Crippen molar-refractivity contribution in [1.82, 2.24) is 15.3 Å². The summed E-state index contributed by atoms with van der Waals surface area (Å²) in [6.07, 6.45) is 6.93. The van der Waals surface area contributed by atoms with Gasteiger partial charge >= 0.3 is 5.97 Å². The quantitative estimate of drug-likeness (QED) is 0.0662. The number of aliphatic hydroxyl groups is 1. The molecule has 4 aromatic rings. The molecule has 3 aromatic carbocycles. The predicted molar refractivity (Wildman–Crippen MR) is 180 cm³/mol. The van der Waals surface area contributed by atoms with Crippen molar-refractivity contribution in [3.05, 3.63) is 114 Å². The van der Waals surface area contributed by atoms with Gasteiger partial charge in [0.2, 0.25) is 5.91 Å². The normalized spacial score (nSPS) is 17.7. The Morgan fingerprint density at radius 3 is 2.28 bits per heavy atom. The number of nitrogens with zero attached hydrogens (tertiary/aromatic N) is 2. The fraction of sp³-hybridized carbons (Fsp3) is 0.351. The number of carbonyl (C=O) groups is 2. The van der Waals surface area contributed by atoms with Crippen LogP contribution in [0.15, 0.2) is 96.4 Å². The fourth-order valence-electron chi connectivity index (χ4n) is 5.48. The molecule has 3 atom stereocenters. The molecule has 1 aromatic heterocycles.